The van der Waals surface area contributed by atoms with E-state index in [0.717, 1.165) is 17.9 Å². The Labute approximate surface area is 82.7 Å². The first kappa shape index (κ1) is 9.00. The van der Waals surface area contributed by atoms with Crippen LogP contribution in [-0.2, 0) is 12.8 Å². The topological polar surface area (TPSA) is 27.5 Å². The van der Waals surface area contributed by atoms with Crippen LogP contribution in [0.5, 0.6) is 0 Å². The molecule has 70 valence electrons. The number of hydrogen-bond acceptors (Lipinski definition) is 1. The zero-order valence-electron chi connectivity index (χ0n) is 7.35. The number of hydroxylamine groups is 2. The van der Waals surface area contributed by atoms with Crippen molar-refractivity contribution in [2.75, 3.05) is 13.1 Å². The van der Waals surface area contributed by atoms with Gasteiger partial charge in [-0.15, -0.1) is 0 Å². The fourth-order valence-electron chi connectivity index (χ4n) is 1.74. The van der Waals surface area contributed by atoms with Crippen molar-refractivity contribution in [1.82, 2.24) is 0 Å². The molecule has 0 saturated carbocycles. The molecule has 1 heterocycles. The molecule has 0 aliphatic carbocycles. The molecular formula is C10H12ClNO. The van der Waals surface area contributed by atoms with Crippen molar-refractivity contribution in [3.8, 4) is 0 Å². The first-order valence-electron chi connectivity index (χ1n) is 4.55. The lowest BCUT2D eigenvalue weighted by Gasteiger charge is -2.18. The van der Waals surface area contributed by atoms with E-state index in [1.807, 2.05) is 18.2 Å². The summed E-state index contributed by atoms with van der Waals surface area (Å²) in [4.78, 5) is 0. The number of rotatable bonds is 0. The van der Waals surface area contributed by atoms with E-state index in [2.05, 4.69) is 0 Å². The van der Waals surface area contributed by atoms with Crippen LogP contribution in [0.2, 0.25) is 5.02 Å². The fourth-order valence-corrected chi connectivity index (χ4v) is 1.94. The molecule has 1 N–H and O–H groups in total. The summed E-state index contributed by atoms with van der Waals surface area (Å²) in [6.45, 7) is 1.36. The number of nitrogens with one attached hydrogen (secondary N) is 1. The average Bonchev–Trinajstić information content (AvgIpc) is 2.29. The lowest BCUT2D eigenvalue weighted by molar-refractivity contribution is -0.846. The largest absolute Gasteiger partial charge is 0.634 e. The number of halogens is 1. The minimum Gasteiger partial charge on any atom is -0.634 e. The second-order valence-corrected chi connectivity index (χ2v) is 3.89. The number of fused-ring (bicyclic) bond motifs is 1. The van der Waals surface area contributed by atoms with Gasteiger partial charge < -0.3 is 10.3 Å². The predicted molar refractivity (Wildman–Crippen MR) is 52.9 cm³/mol. The van der Waals surface area contributed by atoms with Crippen LogP contribution >= 0.6 is 11.6 Å². The molecule has 0 aromatic heterocycles. The molecule has 1 aromatic carbocycles. The smallest absolute Gasteiger partial charge is 0.0809 e. The van der Waals surface area contributed by atoms with Gasteiger partial charge in [0.05, 0.1) is 13.1 Å². The molecule has 0 spiro atoms. The number of hydrogen-bond donors (Lipinski definition) is 1. The maximum Gasteiger partial charge on any atom is 0.0809 e. The first-order chi connectivity index (χ1) is 6.25. The molecule has 0 radical (unpaired) electrons. The Bertz CT molecular complexity index is 314. The van der Waals surface area contributed by atoms with Crippen molar-refractivity contribution in [1.29, 1.82) is 0 Å². The van der Waals surface area contributed by atoms with Gasteiger partial charge in [-0.25, -0.2) is 0 Å². The van der Waals surface area contributed by atoms with Crippen LogP contribution < -0.4 is 5.06 Å². The van der Waals surface area contributed by atoms with E-state index in [-0.39, 0.29) is 0 Å². The van der Waals surface area contributed by atoms with Crippen molar-refractivity contribution in [3.63, 3.8) is 0 Å². The van der Waals surface area contributed by atoms with E-state index in [1.54, 1.807) is 0 Å². The molecule has 1 aliphatic heterocycles. The van der Waals surface area contributed by atoms with E-state index < -0.39 is 0 Å². The molecule has 0 amide bonds. The van der Waals surface area contributed by atoms with Crippen molar-refractivity contribution in [2.45, 2.75) is 12.8 Å². The van der Waals surface area contributed by atoms with Gasteiger partial charge in [0.15, 0.2) is 0 Å². The maximum atomic E-state index is 11.2. The maximum absolute atomic E-state index is 11.2. The van der Waals surface area contributed by atoms with Gasteiger partial charge in [0.2, 0.25) is 0 Å². The van der Waals surface area contributed by atoms with Gasteiger partial charge in [-0.1, -0.05) is 17.7 Å². The van der Waals surface area contributed by atoms with Crippen LogP contribution in [0.3, 0.4) is 0 Å². The standard InChI is InChI=1S/C10H12ClNO/c11-10-2-1-8-3-5-12(13)6-4-9(8)7-10/h1-2,7,12H,3-6H2. The van der Waals surface area contributed by atoms with Crippen molar-refractivity contribution in [3.05, 3.63) is 39.6 Å². The Balaban J connectivity index is 2.30. The van der Waals surface area contributed by atoms with Gasteiger partial charge >= 0.3 is 0 Å². The molecule has 1 aliphatic rings. The third-order valence-corrected chi connectivity index (χ3v) is 2.75. The highest BCUT2D eigenvalue weighted by atomic mass is 35.5. The SMILES string of the molecule is [O-][NH+]1CCc2ccc(Cl)cc2CC1. The van der Waals surface area contributed by atoms with Crippen LogP contribution in [0.4, 0.5) is 0 Å². The third kappa shape index (κ3) is 2.02. The van der Waals surface area contributed by atoms with Crippen LogP contribution in [0.25, 0.3) is 0 Å². The quantitative estimate of drug-likeness (QED) is 0.613. The van der Waals surface area contributed by atoms with Gasteiger partial charge in [0.1, 0.15) is 0 Å². The highest BCUT2D eigenvalue weighted by Gasteiger charge is 2.11. The minimum atomic E-state index is 0.368. The van der Waals surface area contributed by atoms with Crippen molar-refractivity contribution >= 4 is 11.6 Å². The van der Waals surface area contributed by atoms with Gasteiger partial charge in [-0.2, -0.15) is 0 Å². The molecule has 2 rings (SSSR count). The Morgan fingerprint density at radius 3 is 2.62 bits per heavy atom. The summed E-state index contributed by atoms with van der Waals surface area (Å²) in [7, 11) is 0. The minimum absolute atomic E-state index is 0.368. The lowest BCUT2D eigenvalue weighted by atomic mass is 10.0. The van der Waals surface area contributed by atoms with E-state index in [4.69, 9.17) is 11.6 Å². The Kier molecular flexibility index (Phi) is 2.54. The monoisotopic (exact) mass is 197 g/mol. The van der Waals surface area contributed by atoms with Crippen LogP contribution in [0.15, 0.2) is 18.2 Å². The predicted octanol–water partition coefficient (Wildman–Crippen LogP) is 0.821. The second kappa shape index (κ2) is 3.66. The molecule has 0 saturated heterocycles. The number of quaternary nitrogens is 1. The van der Waals surface area contributed by atoms with Crippen molar-refractivity contribution < 1.29 is 5.06 Å². The second-order valence-electron chi connectivity index (χ2n) is 3.45. The third-order valence-electron chi connectivity index (χ3n) is 2.51. The molecule has 0 fully saturated rings. The number of benzene rings is 1. The van der Waals surface area contributed by atoms with Gasteiger partial charge in [0, 0.05) is 17.9 Å². The summed E-state index contributed by atoms with van der Waals surface area (Å²) in [6, 6.07) is 5.92. The van der Waals surface area contributed by atoms with E-state index in [9.17, 15) is 5.21 Å². The molecule has 13 heavy (non-hydrogen) atoms. The lowest BCUT2D eigenvalue weighted by Crippen LogP contribution is -3.07. The van der Waals surface area contributed by atoms with E-state index in [1.165, 1.54) is 11.1 Å². The zero-order chi connectivity index (χ0) is 9.26. The van der Waals surface area contributed by atoms with Gasteiger partial charge in [-0.05, 0) is 23.3 Å². The highest BCUT2D eigenvalue weighted by Crippen LogP contribution is 2.17. The molecule has 2 nitrogen and oxygen atoms in total. The molecule has 3 heteroatoms. The van der Waals surface area contributed by atoms with E-state index in [0.29, 0.717) is 18.2 Å². The van der Waals surface area contributed by atoms with Gasteiger partial charge in [-0.3, -0.25) is 0 Å². The normalized spacial score (nSPS) is 22.2. The van der Waals surface area contributed by atoms with E-state index >= 15 is 0 Å². The molecule has 1 atom stereocenters. The summed E-state index contributed by atoms with van der Waals surface area (Å²) in [6.07, 6.45) is 1.74. The zero-order valence-corrected chi connectivity index (χ0v) is 8.10. The fraction of sp³-hybridized carbons (Fsp3) is 0.400. The average molecular weight is 198 g/mol. The summed E-state index contributed by atoms with van der Waals surface area (Å²) in [5, 5.41) is 12.3. The van der Waals surface area contributed by atoms with Crippen LogP contribution in [-0.4, -0.2) is 13.1 Å². The molecular weight excluding hydrogens is 186 g/mol. The molecule has 0 bridgehead atoms. The van der Waals surface area contributed by atoms with Crippen LogP contribution in [0.1, 0.15) is 11.1 Å². The Hall–Kier alpha value is -0.570. The summed E-state index contributed by atoms with van der Waals surface area (Å²) in [5.41, 5.74) is 2.54. The summed E-state index contributed by atoms with van der Waals surface area (Å²) >= 11 is 5.88. The summed E-state index contributed by atoms with van der Waals surface area (Å²) in [5.74, 6) is 0. The highest BCUT2D eigenvalue weighted by molar-refractivity contribution is 6.30. The molecule has 1 aromatic rings. The van der Waals surface area contributed by atoms with Crippen LogP contribution in [0, 0.1) is 5.21 Å². The summed E-state index contributed by atoms with van der Waals surface area (Å²) < 4.78 is 0. The van der Waals surface area contributed by atoms with Crippen molar-refractivity contribution in [2.24, 2.45) is 0 Å². The Morgan fingerprint density at radius 2 is 1.85 bits per heavy atom. The van der Waals surface area contributed by atoms with Gasteiger partial charge in [0.25, 0.3) is 0 Å². The Morgan fingerprint density at radius 1 is 1.15 bits per heavy atom. The first-order valence-corrected chi connectivity index (χ1v) is 4.92. The molecule has 1 unspecified atom stereocenters.